The van der Waals surface area contributed by atoms with E-state index in [-0.39, 0.29) is 5.56 Å². The van der Waals surface area contributed by atoms with Crippen molar-refractivity contribution < 1.29 is 4.42 Å². The van der Waals surface area contributed by atoms with Gasteiger partial charge in [0.05, 0.1) is 33.1 Å². The molecule has 0 aliphatic rings. The Labute approximate surface area is 411 Å². The molecule has 0 amide bonds. The van der Waals surface area contributed by atoms with Crippen molar-refractivity contribution in [1.29, 1.82) is 0 Å². The molecule has 11 aromatic carbocycles. The van der Waals surface area contributed by atoms with Crippen molar-refractivity contribution in [3.05, 3.63) is 247 Å². The first kappa shape index (κ1) is 39.2. The van der Waals surface area contributed by atoms with Crippen LogP contribution in [0.3, 0.4) is 0 Å². The summed E-state index contributed by atoms with van der Waals surface area (Å²) in [7, 11) is 0. The largest absolute Gasteiger partial charge is 0.456 e. The molecule has 72 heavy (non-hydrogen) atoms. The average molecular weight is 918 g/mol. The molecular weight excluding hydrogens is 879 g/mol. The first-order chi connectivity index (χ1) is 35.6. The monoisotopic (exact) mass is 917 g/mol. The second-order valence-electron chi connectivity index (χ2n) is 19.2. The lowest BCUT2D eigenvalue weighted by atomic mass is 9.93. The third-order valence-electron chi connectivity index (χ3n) is 15.4. The lowest BCUT2D eigenvalue weighted by Gasteiger charge is -2.12. The minimum absolute atomic E-state index is 0.00206. The van der Waals surface area contributed by atoms with Gasteiger partial charge in [0.25, 0.3) is 5.56 Å². The average Bonchev–Trinajstić information content (AvgIpc) is 4.19. The Morgan fingerprint density at radius 2 is 0.819 bits per heavy atom. The molecule has 0 spiro atoms. The van der Waals surface area contributed by atoms with Crippen LogP contribution in [0.15, 0.2) is 246 Å². The highest BCUT2D eigenvalue weighted by molar-refractivity contribution is 6.23. The number of furan rings is 1. The summed E-state index contributed by atoms with van der Waals surface area (Å²) < 4.78 is 13.4. The smallest absolute Gasteiger partial charge is 0.263 e. The number of hydrogen-bond donors (Lipinski definition) is 0. The number of rotatable bonds is 5. The van der Waals surface area contributed by atoms with Gasteiger partial charge in [0, 0.05) is 65.2 Å². The molecule has 5 nitrogen and oxygen atoms in total. The molecule has 0 saturated carbocycles. The fourth-order valence-electron chi connectivity index (χ4n) is 12.2. The van der Waals surface area contributed by atoms with E-state index in [9.17, 15) is 4.79 Å². The molecule has 16 rings (SSSR count). The normalized spacial score (nSPS) is 12.2. The molecule has 5 aromatic heterocycles. The van der Waals surface area contributed by atoms with Crippen LogP contribution in [-0.4, -0.2) is 13.5 Å². The highest BCUT2D eigenvalue weighted by Gasteiger charge is 2.22. The van der Waals surface area contributed by atoms with Crippen LogP contribution in [-0.2, 0) is 0 Å². The van der Waals surface area contributed by atoms with E-state index in [1.54, 1.807) is 0 Å². The molecule has 5 heterocycles. The van der Waals surface area contributed by atoms with E-state index >= 15 is 0 Å². The minimum Gasteiger partial charge on any atom is -0.456 e. The Kier molecular flexibility index (Phi) is 7.97. The summed E-state index contributed by atoms with van der Waals surface area (Å²) in [6, 6.07) is 84.4. The molecule has 0 saturated heterocycles. The van der Waals surface area contributed by atoms with E-state index in [2.05, 4.69) is 228 Å². The van der Waals surface area contributed by atoms with E-state index in [0.29, 0.717) is 5.39 Å². The van der Waals surface area contributed by atoms with Crippen molar-refractivity contribution in [2.24, 2.45) is 0 Å². The number of nitrogens with zero attached hydrogens (tertiary/aromatic N) is 3. The number of fused-ring (bicyclic) bond motifs is 14. The SMILES string of the molecule is O=c1c2ccc(-c3ccccc3)cc2c2cc(-c3cccc4oc5ccc(-n6c7ccccc7c7cc(-c8ccc9c(c8)c8ccccc8n9-c8ccccc8)ccc76)cc5c34)cc3c4ccccc4n1c23. The summed E-state index contributed by atoms with van der Waals surface area (Å²) in [6.45, 7) is 0. The molecule has 0 aliphatic carbocycles. The van der Waals surface area contributed by atoms with Gasteiger partial charge in [-0.25, -0.2) is 0 Å². The van der Waals surface area contributed by atoms with Crippen LogP contribution >= 0.6 is 0 Å². The standard InChI is InChI=1S/C67H39N3O2/c71-67-51-30-26-41(40-14-3-1-4-15-40)34-52(51)56-38-44(37-55-50-20-9-12-24-60(50)70(67)66(55)56)47-21-13-25-64-65(47)57-39-46(29-33-63(57)72-64)69-59-23-11-8-19-49(59)54-36-43(28-32-62(54)69)42-27-31-61-53(35-42)48-18-7-10-22-58(48)68(61)45-16-5-2-6-17-45/h1-39H. The molecule has 0 unspecified atom stereocenters. The van der Waals surface area contributed by atoms with Crippen molar-refractivity contribution in [3.63, 3.8) is 0 Å². The van der Waals surface area contributed by atoms with E-state index in [1.807, 2.05) is 22.6 Å². The van der Waals surface area contributed by atoms with Crippen molar-refractivity contribution in [1.82, 2.24) is 13.5 Å². The lowest BCUT2D eigenvalue weighted by molar-refractivity contribution is 0.669. The zero-order valence-electron chi connectivity index (χ0n) is 38.7. The molecular formula is C67H39N3O2. The Morgan fingerprint density at radius 1 is 0.292 bits per heavy atom. The number of hydrogen-bond acceptors (Lipinski definition) is 2. The summed E-state index contributed by atoms with van der Waals surface area (Å²) in [6.07, 6.45) is 0. The third kappa shape index (κ3) is 5.45. The number of aromatic nitrogens is 3. The number of para-hydroxylation sites is 4. The van der Waals surface area contributed by atoms with Gasteiger partial charge in [0.1, 0.15) is 11.2 Å². The van der Waals surface area contributed by atoms with Crippen LogP contribution < -0.4 is 5.56 Å². The molecule has 0 atom stereocenters. The summed E-state index contributed by atoms with van der Waals surface area (Å²) in [4.78, 5) is 14.5. The summed E-state index contributed by atoms with van der Waals surface area (Å²) in [5.74, 6) is 0. The van der Waals surface area contributed by atoms with Gasteiger partial charge in [0.15, 0.2) is 0 Å². The van der Waals surface area contributed by atoms with Gasteiger partial charge in [-0.2, -0.15) is 0 Å². The fourth-order valence-corrected chi connectivity index (χ4v) is 12.2. The van der Waals surface area contributed by atoms with E-state index < -0.39 is 0 Å². The zero-order valence-corrected chi connectivity index (χ0v) is 38.7. The second kappa shape index (κ2) is 14.7. The van der Waals surface area contributed by atoms with E-state index in [4.69, 9.17) is 4.42 Å². The number of pyridine rings is 1. The maximum absolute atomic E-state index is 14.5. The van der Waals surface area contributed by atoms with Crippen molar-refractivity contribution in [3.8, 4) is 44.8 Å². The van der Waals surface area contributed by atoms with E-state index in [1.165, 1.54) is 43.7 Å². The Bertz CT molecular complexity index is 5000. The lowest BCUT2D eigenvalue weighted by Crippen LogP contribution is -2.12. The van der Waals surface area contributed by atoms with Gasteiger partial charge in [-0.1, -0.05) is 133 Å². The van der Waals surface area contributed by atoms with Crippen molar-refractivity contribution in [2.45, 2.75) is 0 Å². The van der Waals surface area contributed by atoms with Gasteiger partial charge >= 0.3 is 0 Å². The van der Waals surface area contributed by atoms with Gasteiger partial charge < -0.3 is 13.6 Å². The minimum atomic E-state index is -0.00206. The van der Waals surface area contributed by atoms with Crippen LogP contribution in [0.4, 0.5) is 0 Å². The first-order valence-electron chi connectivity index (χ1n) is 24.5. The topological polar surface area (TPSA) is 44.5 Å². The quantitative estimate of drug-likeness (QED) is 0.162. The molecule has 16 aromatic rings. The van der Waals surface area contributed by atoms with Crippen molar-refractivity contribution in [2.75, 3.05) is 0 Å². The Balaban J connectivity index is 0.884. The highest BCUT2D eigenvalue weighted by atomic mass is 16.3. The molecule has 334 valence electrons. The molecule has 0 fully saturated rings. The third-order valence-corrected chi connectivity index (χ3v) is 15.4. The number of benzene rings is 11. The second-order valence-corrected chi connectivity index (χ2v) is 19.2. The zero-order chi connectivity index (χ0) is 47.2. The molecule has 5 heteroatoms. The molecule has 0 radical (unpaired) electrons. The predicted octanol–water partition coefficient (Wildman–Crippen LogP) is 17.3. The maximum atomic E-state index is 14.5. The predicted molar refractivity (Wildman–Crippen MR) is 300 cm³/mol. The van der Waals surface area contributed by atoms with Gasteiger partial charge in [-0.15, -0.1) is 0 Å². The van der Waals surface area contributed by atoms with Crippen LogP contribution in [0, 0.1) is 0 Å². The molecule has 0 bridgehead atoms. The van der Waals surface area contributed by atoms with Gasteiger partial charge in [-0.3, -0.25) is 9.20 Å². The molecule has 0 aliphatic heterocycles. The molecule has 0 N–H and O–H groups in total. The summed E-state index contributed by atoms with van der Waals surface area (Å²) >= 11 is 0. The van der Waals surface area contributed by atoms with Crippen LogP contribution in [0.25, 0.3) is 148 Å². The summed E-state index contributed by atoms with van der Waals surface area (Å²) in [5, 5.41) is 11.8. The van der Waals surface area contributed by atoms with Crippen LogP contribution in [0.1, 0.15) is 0 Å². The van der Waals surface area contributed by atoms with Crippen LogP contribution in [0.2, 0.25) is 0 Å². The van der Waals surface area contributed by atoms with E-state index in [0.717, 1.165) is 99.2 Å². The summed E-state index contributed by atoms with van der Waals surface area (Å²) in [5.41, 5.74) is 17.1. The van der Waals surface area contributed by atoms with Crippen LogP contribution in [0.5, 0.6) is 0 Å². The Hall–Kier alpha value is -9.71. The first-order valence-corrected chi connectivity index (χ1v) is 24.5. The van der Waals surface area contributed by atoms with Gasteiger partial charge in [0.2, 0.25) is 0 Å². The fraction of sp³-hybridized carbons (Fsp3) is 0. The highest BCUT2D eigenvalue weighted by Crippen LogP contribution is 2.44. The Morgan fingerprint density at radius 3 is 1.51 bits per heavy atom. The van der Waals surface area contributed by atoms with Gasteiger partial charge in [-0.05, 0) is 142 Å². The van der Waals surface area contributed by atoms with Crippen molar-refractivity contribution >= 4 is 104 Å². The maximum Gasteiger partial charge on any atom is 0.263 e.